The molecule has 2 rings (SSSR count). The average molecular weight is 328 g/mol. The second-order valence-electron chi connectivity index (χ2n) is 4.20. The number of rotatable bonds is 5. The molecule has 1 heterocycles. The molecule has 0 aliphatic rings. The first-order valence-corrected chi connectivity index (χ1v) is 8.02. The molecule has 8 heteroatoms. The lowest BCUT2D eigenvalue weighted by Crippen LogP contribution is -2.14. The Morgan fingerprint density at radius 3 is 2.57 bits per heavy atom. The summed E-state index contributed by atoms with van der Waals surface area (Å²) in [5.74, 6) is 0. The van der Waals surface area contributed by atoms with E-state index < -0.39 is 10.0 Å². The Bertz CT molecular complexity index is 733. The molecule has 0 fully saturated rings. The highest BCUT2D eigenvalue weighted by atomic mass is 35.5. The summed E-state index contributed by atoms with van der Waals surface area (Å²) in [5, 5.41) is 0.351. The van der Waals surface area contributed by atoms with E-state index in [0.717, 1.165) is 0 Å². The van der Waals surface area contributed by atoms with E-state index in [-0.39, 0.29) is 16.6 Å². The average Bonchev–Trinajstić information content (AvgIpc) is 2.43. The summed E-state index contributed by atoms with van der Waals surface area (Å²) >= 11 is 5.85. The first-order valence-electron chi connectivity index (χ1n) is 6.16. The molecule has 0 saturated heterocycles. The third kappa shape index (κ3) is 3.83. The summed E-state index contributed by atoms with van der Waals surface area (Å²) in [6.45, 7) is 3.94. The highest BCUT2D eigenvalue weighted by Crippen LogP contribution is 2.22. The molecule has 0 atom stereocenters. The predicted octanol–water partition coefficient (Wildman–Crippen LogP) is 2.64. The summed E-state index contributed by atoms with van der Waals surface area (Å²) in [5.41, 5.74) is 0.844. The van der Waals surface area contributed by atoms with E-state index in [1.54, 1.807) is 19.1 Å². The Kier molecular flexibility index (Phi) is 4.64. The van der Waals surface area contributed by atoms with Gasteiger partial charge in [0.05, 0.1) is 29.6 Å². The molecule has 0 bridgehead atoms. The Labute approximate surface area is 128 Å². The van der Waals surface area contributed by atoms with Crippen LogP contribution < -0.4 is 9.46 Å². The molecule has 0 aliphatic heterocycles. The Balaban J connectivity index is 2.26. The van der Waals surface area contributed by atoms with Gasteiger partial charge in [-0.15, -0.1) is 0 Å². The van der Waals surface area contributed by atoms with Crippen molar-refractivity contribution in [3.63, 3.8) is 0 Å². The maximum absolute atomic E-state index is 12.3. The first-order chi connectivity index (χ1) is 9.92. The standard InChI is InChI=1S/C13H14ClN3O3S/c1-3-20-13-15-7-11(8-16-13)17-21(18,19)12-6-10(14)5-4-9(12)2/h4-8,17H,3H2,1-2H3. The lowest BCUT2D eigenvalue weighted by molar-refractivity contribution is 0.312. The molecular weight excluding hydrogens is 314 g/mol. The van der Waals surface area contributed by atoms with Crippen molar-refractivity contribution in [1.29, 1.82) is 0 Å². The molecule has 6 nitrogen and oxygen atoms in total. The molecule has 0 saturated carbocycles. The zero-order valence-corrected chi connectivity index (χ0v) is 13.1. The van der Waals surface area contributed by atoms with Crippen molar-refractivity contribution in [2.24, 2.45) is 0 Å². The van der Waals surface area contributed by atoms with E-state index in [1.807, 2.05) is 6.92 Å². The van der Waals surface area contributed by atoms with Gasteiger partial charge < -0.3 is 4.74 Å². The lowest BCUT2D eigenvalue weighted by Gasteiger charge is -2.10. The van der Waals surface area contributed by atoms with Gasteiger partial charge in [0, 0.05) is 5.02 Å². The van der Waals surface area contributed by atoms with Crippen molar-refractivity contribution in [2.75, 3.05) is 11.3 Å². The summed E-state index contributed by atoms with van der Waals surface area (Å²) in [6.07, 6.45) is 2.69. The third-order valence-corrected chi connectivity index (χ3v) is 4.35. The van der Waals surface area contributed by atoms with Crippen LogP contribution in [0.5, 0.6) is 6.01 Å². The van der Waals surface area contributed by atoms with Gasteiger partial charge in [-0.1, -0.05) is 17.7 Å². The number of nitrogens with zero attached hydrogens (tertiary/aromatic N) is 2. The molecule has 0 unspecified atom stereocenters. The molecule has 1 aromatic carbocycles. The predicted molar refractivity (Wildman–Crippen MR) is 80.2 cm³/mol. The minimum Gasteiger partial charge on any atom is -0.464 e. The van der Waals surface area contributed by atoms with E-state index in [2.05, 4.69) is 14.7 Å². The molecule has 21 heavy (non-hydrogen) atoms. The fourth-order valence-corrected chi connectivity index (χ4v) is 3.18. The molecule has 112 valence electrons. The van der Waals surface area contributed by atoms with Gasteiger partial charge in [-0.2, -0.15) is 0 Å². The molecular formula is C13H14ClN3O3S. The van der Waals surface area contributed by atoms with Crippen molar-refractivity contribution in [3.05, 3.63) is 41.2 Å². The van der Waals surface area contributed by atoms with Gasteiger partial charge in [-0.25, -0.2) is 18.4 Å². The quantitative estimate of drug-likeness (QED) is 0.913. The number of benzene rings is 1. The number of aryl methyl sites for hydroxylation is 1. The second-order valence-corrected chi connectivity index (χ2v) is 6.29. The monoisotopic (exact) mass is 327 g/mol. The van der Waals surface area contributed by atoms with Crippen molar-refractivity contribution >= 4 is 27.3 Å². The SMILES string of the molecule is CCOc1ncc(NS(=O)(=O)c2cc(Cl)ccc2C)cn1. The highest BCUT2D eigenvalue weighted by Gasteiger charge is 2.17. The first kappa shape index (κ1) is 15.5. The topological polar surface area (TPSA) is 81.2 Å². The van der Waals surface area contributed by atoms with Gasteiger partial charge >= 0.3 is 6.01 Å². The molecule has 2 aromatic rings. The van der Waals surface area contributed by atoms with Crippen LogP contribution in [0.3, 0.4) is 0 Å². The number of anilines is 1. The van der Waals surface area contributed by atoms with Crippen LogP contribution in [0.1, 0.15) is 12.5 Å². The summed E-state index contributed by atoms with van der Waals surface area (Å²) in [7, 11) is -3.75. The molecule has 1 aromatic heterocycles. The van der Waals surface area contributed by atoms with Gasteiger partial charge in [0.25, 0.3) is 10.0 Å². The number of hydrogen-bond donors (Lipinski definition) is 1. The number of nitrogens with one attached hydrogen (secondary N) is 1. The van der Waals surface area contributed by atoms with Crippen molar-refractivity contribution in [2.45, 2.75) is 18.7 Å². The smallest absolute Gasteiger partial charge is 0.316 e. The van der Waals surface area contributed by atoms with E-state index in [0.29, 0.717) is 17.2 Å². The van der Waals surface area contributed by atoms with Crippen LogP contribution >= 0.6 is 11.6 Å². The van der Waals surface area contributed by atoms with E-state index in [4.69, 9.17) is 16.3 Å². The van der Waals surface area contributed by atoms with Crippen LogP contribution in [0.4, 0.5) is 5.69 Å². The molecule has 0 spiro atoms. The maximum Gasteiger partial charge on any atom is 0.316 e. The van der Waals surface area contributed by atoms with Gasteiger partial charge in [0.15, 0.2) is 0 Å². The van der Waals surface area contributed by atoms with Gasteiger partial charge in [0.1, 0.15) is 0 Å². The van der Waals surface area contributed by atoms with Crippen LogP contribution in [-0.2, 0) is 10.0 Å². The number of ether oxygens (including phenoxy) is 1. The minimum absolute atomic E-state index is 0.115. The molecule has 0 aliphatic carbocycles. The fourth-order valence-electron chi connectivity index (χ4n) is 1.65. The van der Waals surface area contributed by atoms with Gasteiger partial charge in [-0.05, 0) is 31.5 Å². The van der Waals surface area contributed by atoms with Crippen LogP contribution in [0.25, 0.3) is 0 Å². The van der Waals surface area contributed by atoms with Crippen LogP contribution in [0.2, 0.25) is 5.02 Å². The highest BCUT2D eigenvalue weighted by molar-refractivity contribution is 7.92. The fraction of sp³-hybridized carbons (Fsp3) is 0.231. The lowest BCUT2D eigenvalue weighted by atomic mass is 10.2. The largest absolute Gasteiger partial charge is 0.464 e. The maximum atomic E-state index is 12.3. The number of hydrogen-bond acceptors (Lipinski definition) is 5. The van der Waals surface area contributed by atoms with E-state index >= 15 is 0 Å². The molecule has 0 amide bonds. The normalized spacial score (nSPS) is 11.2. The van der Waals surface area contributed by atoms with Crippen LogP contribution in [-0.4, -0.2) is 25.0 Å². The van der Waals surface area contributed by atoms with Crippen LogP contribution in [0, 0.1) is 6.92 Å². The Morgan fingerprint density at radius 2 is 1.95 bits per heavy atom. The zero-order chi connectivity index (χ0) is 15.5. The number of sulfonamides is 1. The Morgan fingerprint density at radius 1 is 1.29 bits per heavy atom. The second kappa shape index (κ2) is 6.28. The third-order valence-electron chi connectivity index (χ3n) is 2.59. The van der Waals surface area contributed by atoms with Crippen molar-refractivity contribution < 1.29 is 13.2 Å². The summed E-state index contributed by atoms with van der Waals surface area (Å²) < 4.78 is 32.2. The molecule has 0 radical (unpaired) electrons. The number of halogens is 1. The van der Waals surface area contributed by atoms with Gasteiger partial charge in [-0.3, -0.25) is 4.72 Å². The van der Waals surface area contributed by atoms with E-state index in [9.17, 15) is 8.42 Å². The minimum atomic E-state index is -3.75. The van der Waals surface area contributed by atoms with Crippen LogP contribution in [0.15, 0.2) is 35.5 Å². The van der Waals surface area contributed by atoms with Gasteiger partial charge in [0.2, 0.25) is 0 Å². The number of aromatic nitrogens is 2. The van der Waals surface area contributed by atoms with Crippen molar-refractivity contribution in [3.8, 4) is 6.01 Å². The zero-order valence-electron chi connectivity index (χ0n) is 11.5. The summed E-state index contributed by atoms with van der Waals surface area (Å²) in [4.78, 5) is 7.91. The summed E-state index contributed by atoms with van der Waals surface area (Å²) in [6, 6.07) is 4.87. The Hall–Kier alpha value is -1.86. The molecule has 1 N–H and O–H groups in total. The van der Waals surface area contributed by atoms with E-state index in [1.165, 1.54) is 18.5 Å². The van der Waals surface area contributed by atoms with Crippen molar-refractivity contribution in [1.82, 2.24) is 9.97 Å².